The van der Waals surface area contributed by atoms with Gasteiger partial charge in [0.1, 0.15) is 17.8 Å². The molecule has 9 nitrogen and oxygen atoms in total. The molecule has 0 radical (unpaired) electrons. The first kappa shape index (κ1) is 19.9. The van der Waals surface area contributed by atoms with E-state index in [0.29, 0.717) is 35.4 Å². The zero-order chi connectivity index (χ0) is 21.3. The van der Waals surface area contributed by atoms with E-state index in [-0.39, 0.29) is 0 Å². The molecule has 1 aliphatic rings. The third-order valence-electron chi connectivity index (χ3n) is 4.82. The largest absolute Gasteiger partial charge is 0.493 e. The first-order chi connectivity index (χ1) is 14.5. The highest BCUT2D eigenvalue weighted by atomic mass is 16.6. The van der Waals surface area contributed by atoms with Crippen molar-refractivity contribution in [1.29, 1.82) is 0 Å². The summed E-state index contributed by atoms with van der Waals surface area (Å²) < 4.78 is 19.0. The topological polar surface area (TPSA) is 96.6 Å². The number of aromatic nitrogens is 4. The van der Waals surface area contributed by atoms with Crippen molar-refractivity contribution in [2.45, 2.75) is 20.3 Å². The van der Waals surface area contributed by atoms with E-state index in [9.17, 15) is 0 Å². The van der Waals surface area contributed by atoms with Crippen molar-refractivity contribution in [3.63, 3.8) is 0 Å². The summed E-state index contributed by atoms with van der Waals surface area (Å²) in [5.41, 5.74) is 4.97. The maximum absolute atomic E-state index is 6.18. The first-order valence-electron chi connectivity index (χ1n) is 9.44. The van der Waals surface area contributed by atoms with E-state index in [0.717, 1.165) is 28.2 Å². The highest BCUT2D eigenvalue weighted by Crippen LogP contribution is 2.41. The highest BCUT2D eigenvalue weighted by molar-refractivity contribution is 5.68. The summed E-state index contributed by atoms with van der Waals surface area (Å²) in [4.78, 5) is 14.3. The average molecular weight is 410 g/mol. The van der Waals surface area contributed by atoms with E-state index in [4.69, 9.17) is 24.0 Å². The van der Waals surface area contributed by atoms with Crippen LogP contribution in [0.25, 0.3) is 11.1 Å². The number of methoxy groups -OCH3 is 2. The summed E-state index contributed by atoms with van der Waals surface area (Å²) >= 11 is 0. The third kappa shape index (κ3) is 3.49. The fourth-order valence-corrected chi connectivity index (χ4v) is 3.44. The fraction of sp³-hybridized carbons (Fsp3) is 0.286. The second-order valence-corrected chi connectivity index (χ2v) is 6.81. The van der Waals surface area contributed by atoms with Gasteiger partial charge in [-0.05, 0) is 31.6 Å². The summed E-state index contributed by atoms with van der Waals surface area (Å²) in [6.45, 7) is 3.85. The summed E-state index contributed by atoms with van der Waals surface area (Å²) in [6.07, 6.45) is 6.12. The number of benzene rings is 1. The SMILES string of the molecule is CO[NH2+]/C=C\C=C(/C)c1nc2c3c(nc(C)n3n1)Cc1cc(cc(OC)c1OC)O2. The molecule has 1 aliphatic heterocycles. The van der Waals surface area contributed by atoms with Crippen LogP contribution >= 0.6 is 0 Å². The van der Waals surface area contributed by atoms with E-state index in [1.807, 2.05) is 32.1 Å². The molecule has 3 aromatic rings. The number of imidazole rings is 1. The van der Waals surface area contributed by atoms with Crippen molar-refractivity contribution in [2.24, 2.45) is 0 Å². The number of fused-ring (bicyclic) bond motifs is 2. The monoisotopic (exact) mass is 410 g/mol. The van der Waals surface area contributed by atoms with Crippen molar-refractivity contribution in [2.75, 3.05) is 21.3 Å². The molecule has 2 aromatic heterocycles. The Balaban J connectivity index is 1.85. The Morgan fingerprint density at radius 3 is 2.77 bits per heavy atom. The Morgan fingerprint density at radius 1 is 1.20 bits per heavy atom. The smallest absolute Gasteiger partial charge is 0.249 e. The van der Waals surface area contributed by atoms with Gasteiger partial charge >= 0.3 is 0 Å². The average Bonchev–Trinajstić information content (AvgIpc) is 3.05. The number of nitrogens with zero attached hydrogens (tertiary/aromatic N) is 4. The quantitative estimate of drug-likeness (QED) is 0.384. The number of hydroxylamine groups is 1. The second kappa shape index (κ2) is 8.13. The maximum atomic E-state index is 6.18. The van der Waals surface area contributed by atoms with Gasteiger partial charge in [0.25, 0.3) is 0 Å². The van der Waals surface area contributed by atoms with E-state index in [1.54, 1.807) is 43.6 Å². The molecule has 0 amide bonds. The van der Waals surface area contributed by atoms with E-state index in [2.05, 4.69) is 10.1 Å². The van der Waals surface area contributed by atoms with Crippen LogP contribution in [-0.4, -0.2) is 40.9 Å². The molecule has 0 unspecified atom stereocenters. The number of allylic oxidation sites excluding steroid dienone is 3. The van der Waals surface area contributed by atoms with Crippen LogP contribution in [0.15, 0.2) is 30.5 Å². The molecular formula is C21H24N5O4+. The van der Waals surface area contributed by atoms with Crippen LogP contribution in [0.3, 0.4) is 0 Å². The molecule has 30 heavy (non-hydrogen) atoms. The van der Waals surface area contributed by atoms with Gasteiger partial charge in [0.05, 0.1) is 27.0 Å². The molecule has 0 atom stereocenters. The van der Waals surface area contributed by atoms with Gasteiger partial charge in [-0.15, -0.1) is 5.10 Å². The third-order valence-corrected chi connectivity index (χ3v) is 4.82. The molecule has 0 saturated heterocycles. The lowest BCUT2D eigenvalue weighted by Gasteiger charge is -2.18. The van der Waals surface area contributed by atoms with Crippen LogP contribution in [-0.2, 0) is 11.3 Å². The molecular weight excluding hydrogens is 386 g/mol. The molecule has 0 aliphatic carbocycles. The van der Waals surface area contributed by atoms with Crippen LogP contribution in [0.2, 0.25) is 0 Å². The molecule has 2 N–H and O–H groups in total. The van der Waals surface area contributed by atoms with Gasteiger partial charge in [0.2, 0.25) is 5.88 Å². The highest BCUT2D eigenvalue weighted by Gasteiger charge is 2.25. The maximum Gasteiger partial charge on any atom is 0.249 e. The van der Waals surface area contributed by atoms with E-state index < -0.39 is 0 Å². The second-order valence-electron chi connectivity index (χ2n) is 6.81. The number of nitrogens with two attached hydrogens (primary N) is 1. The Hall–Kier alpha value is -3.43. The minimum absolute atomic E-state index is 0.452. The summed E-state index contributed by atoms with van der Waals surface area (Å²) in [5, 5.41) is 4.69. The van der Waals surface area contributed by atoms with Gasteiger partial charge in [-0.1, -0.05) is 6.08 Å². The zero-order valence-corrected chi connectivity index (χ0v) is 17.6. The zero-order valence-electron chi connectivity index (χ0n) is 17.6. The van der Waals surface area contributed by atoms with Gasteiger partial charge in [0.15, 0.2) is 22.8 Å². The molecule has 9 heteroatoms. The van der Waals surface area contributed by atoms with Crippen molar-refractivity contribution >= 4 is 11.1 Å². The van der Waals surface area contributed by atoms with Crippen LogP contribution in [0.1, 0.15) is 29.8 Å². The van der Waals surface area contributed by atoms with Crippen LogP contribution in [0.4, 0.5) is 0 Å². The Morgan fingerprint density at radius 2 is 2.03 bits per heavy atom. The lowest BCUT2D eigenvalue weighted by molar-refractivity contribution is -0.842. The molecule has 0 spiro atoms. The predicted octanol–water partition coefficient (Wildman–Crippen LogP) is 2.19. The van der Waals surface area contributed by atoms with Gasteiger partial charge in [-0.2, -0.15) is 10.5 Å². The van der Waals surface area contributed by atoms with E-state index in [1.165, 1.54) is 0 Å². The first-order valence-corrected chi connectivity index (χ1v) is 9.44. The Bertz CT molecular complexity index is 1170. The predicted molar refractivity (Wildman–Crippen MR) is 110 cm³/mol. The van der Waals surface area contributed by atoms with Crippen molar-refractivity contribution < 1.29 is 24.5 Å². The van der Waals surface area contributed by atoms with Gasteiger partial charge in [-0.25, -0.2) is 14.3 Å². The number of hydrogen-bond acceptors (Lipinski definition) is 7. The molecule has 2 bridgehead atoms. The van der Waals surface area contributed by atoms with Gasteiger partial charge in [0, 0.05) is 18.1 Å². The van der Waals surface area contributed by atoms with Crippen LogP contribution in [0, 0.1) is 6.92 Å². The minimum atomic E-state index is 0.452. The lowest BCUT2D eigenvalue weighted by atomic mass is 10.1. The molecule has 156 valence electrons. The fourth-order valence-electron chi connectivity index (χ4n) is 3.44. The molecule has 1 aromatic carbocycles. The van der Waals surface area contributed by atoms with E-state index >= 15 is 0 Å². The Kier molecular flexibility index (Phi) is 5.39. The summed E-state index contributed by atoms with van der Waals surface area (Å²) in [6, 6.07) is 3.72. The molecule has 3 heterocycles. The number of rotatable bonds is 6. The standard InChI is InChI=1S/C21H23N5O4/c1-12(7-6-8-22-29-5)20-24-21-18-16(23-13(2)26(18)25-20)10-14-9-15(30-21)11-17(27-3)19(14)28-4/h6-9,11,22H,10H2,1-5H3/p+1/b8-6-,12-7+. The Labute approximate surface area is 173 Å². The van der Waals surface area contributed by atoms with Crippen LogP contribution < -0.4 is 19.7 Å². The molecule has 4 rings (SSSR count). The van der Waals surface area contributed by atoms with Crippen molar-refractivity contribution in [3.8, 4) is 23.1 Å². The summed E-state index contributed by atoms with van der Waals surface area (Å²) in [7, 11) is 4.83. The van der Waals surface area contributed by atoms with Crippen LogP contribution in [0.5, 0.6) is 23.1 Å². The number of aryl methyl sites for hydroxylation is 1. The molecule has 0 saturated carbocycles. The lowest BCUT2D eigenvalue weighted by Crippen LogP contribution is -2.75. The molecule has 0 fully saturated rings. The van der Waals surface area contributed by atoms with Crippen molar-refractivity contribution in [1.82, 2.24) is 19.6 Å². The summed E-state index contributed by atoms with van der Waals surface area (Å²) in [5.74, 6) is 3.65. The van der Waals surface area contributed by atoms with Crippen molar-refractivity contribution in [3.05, 3.63) is 53.4 Å². The number of ether oxygens (including phenoxy) is 3. The minimum Gasteiger partial charge on any atom is -0.493 e. The number of quaternary nitrogens is 1. The number of hydrogen-bond donors (Lipinski definition) is 1. The van der Waals surface area contributed by atoms with Gasteiger partial charge in [-0.3, -0.25) is 0 Å². The van der Waals surface area contributed by atoms with Gasteiger partial charge < -0.3 is 14.2 Å². The normalized spacial score (nSPS) is 13.3.